The van der Waals surface area contributed by atoms with E-state index in [1.807, 2.05) is 25.1 Å². The van der Waals surface area contributed by atoms with Crippen LogP contribution in [0.5, 0.6) is 5.75 Å². The molecule has 0 saturated heterocycles. The Kier molecular flexibility index (Phi) is 7.75. The molecule has 0 aromatic heterocycles. The molecule has 0 atom stereocenters. The lowest BCUT2D eigenvalue weighted by Crippen LogP contribution is -2.49. The normalized spacial score (nSPS) is 10.8. The monoisotopic (exact) mass is 477 g/mol. The van der Waals surface area contributed by atoms with Crippen molar-refractivity contribution in [2.75, 3.05) is 6.61 Å². The van der Waals surface area contributed by atoms with Crippen molar-refractivity contribution < 1.29 is 14.3 Å². The first-order valence-corrected chi connectivity index (χ1v) is 10.2. The molecule has 2 aromatic carbocycles. The van der Waals surface area contributed by atoms with Crippen molar-refractivity contribution >= 4 is 45.1 Å². The average Bonchev–Trinajstić information content (AvgIpc) is 2.64. The van der Waals surface area contributed by atoms with Crippen LogP contribution < -0.4 is 20.9 Å². The molecule has 3 N–H and O–H groups in total. The maximum absolute atomic E-state index is 12.4. The minimum absolute atomic E-state index is 0.0188. The standard InChI is InChI=1S/C21H24BrN3O3S/c1-13-5-8-15(9-6-13)28-12-18(26)24-25-20(29)23-19(27)14-7-10-16(17(22)11-14)21(2,3)4/h5-11H,12H2,1-4H3,(H,24,26)(H2,23,25,27,29). The number of halogens is 1. The Morgan fingerprint density at radius 3 is 2.31 bits per heavy atom. The Morgan fingerprint density at radius 2 is 1.72 bits per heavy atom. The molecule has 0 radical (unpaired) electrons. The summed E-state index contributed by atoms with van der Waals surface area (Å²) in [6.07, 6.45) is 0. The second kappa shape index (κ2) is 9.84. The number of hydrogen-bond acceptors (Lipinski definition) is 4. The topological polar surface area (TPSA) is 79.5 Å². The van der Waals surface area contributed by atoms with Crippen molar-refractivity contribution in [3.8, 4) is 5.75 Å². The zero-order chi connectivity index (χ0) is 21.6. The molecule has 6 nitrogen and oxygen atoms in total. The summed E-state index contributed by atoms with van der Waals surface area (Å²) in [4.78, 5) is 24.2. The van der Waals surface area contributed by atoms with Crippen molar-refractivity contribution in [3.05, 3.63) is 63.6 Å². The van der Waals surface area contributed by atoms with E-state index in [0.717, 1.165) is 15.6 Å². The van der Waals surface area contributed by atoms with Gasteiger partial charge in [-0.25, -0.2) is 0 Å². The summed E-state index contributed by atoms with van der Waals surface area (Å²) >= 11 is 8.56. The molecule has 0 aliphatic rings. The van der Waals surface area contributed by atoms with Crippen LogP contribution in [0.2, 0.25) is 0 Å². The van der Waals surface area contributed by atoms with E-state index >= 15 is 0 Å². The number of hydrogen-bond donors (Lipinski definition) is 3. The van der Waals surface area contributed by atoms with Gasteiger partial charge in [0.15, 0.2) is 11.7 Å². The van der Waals surface area contributed by atoms with Gasteiger partial charge in [0.25, 0.3) is 11.8 Å². The summed E-state index contributed by atoms with van der Waals surface area (Å²) in [6.45, 7) is 8.06. The van der Waals surface area contributed by atoms with Crippen LogP contribution in [0.25, 0.3) is 0 Å². The Bertz CT molecular complexity index is 908. The van der Waals surface area contributed by atoms with Crippen LogP contribution in [-0.4, -0.2) is 23.5 Å². The van der Waals surface area contributed by atoms with E-state index in [0.29, 0.717) is 11.3 Å². The number of rotatable bonds is 4. The molecular formula is C21H24BrN3O3S. The summed E-state index contributed by atoms with van der Waals surface area (Å²) in [5.41, 5.74) is 7.47. The molecule has 0 spiro atoms. The van der Waals surface area contributed by atoms with Gasteiger partial charge in [-0.05, 0) is 54.4 Å². The molecule has 0 heterocycles. The van der Waals surface area contributed by atoms with Crippen molar-refractivity contribution in [1.82, 2.24) is 16.2 Å². The quantitative estimate of drug-likeness (QED) is 0.461. The minimum atomic E-state index is -0.431. The molecule has 29 heavy (non-hydrogen) atoms. The minimum Gasteiger partial charge on any atom is -0.484 e. The third-order valence-corrected chi connectivity index (χ3v) is 4.83. The smallest absolute Gasteiger partial charge is 0.276 e. The molecular weight excluding hydrogens is 454 g/mol. The maximum atomic E-state index is 12.4. The highest BCUT2D eigenvalue weighted by Crippen LogP contribution is 2.30. The zero-order valence-corrected chi connectivity index (χ0v) is 19.2. The zero-order valence-electron chi connectivity index (χ0n) is 16.8. The van der Waals surface area contributed by atoms with Gasteiger partial charge in [-0.3, -0.25) is 25.8 Å². The summed E-state index contributed by atoms with van der Waals surface area (Å²) in [6, 6.07) is 12.7. The highest BCUT2D eigenvalue weighted by Gasteiger charge is 2.18. The van der Waals surface area contributed by atoms with Crippen molar-refractivity contribution in [2.24, 2.45) is 0 Å². The van der Waals surface area contributed by atoms with Gasteiger partial charge in [0, 0.05) is 10.0 Å². The third kappa shape index (κ3) is 7.14. The number of nitrogens with one attached hydrogen (secondary N) is 3. The highest BCUT2D eigenvalue weighted by atomic mass is 79.9. The van der Waals surface area contributed by atoms with Crippen LogP contribution in [0, 0.1) is 6.92 Å². The van der Waals surface area contributed by atoms with Gasteiger partial charge in [-0.2, -0.15) is 0 Å². The number of aryl methyl sites for hydroxylation is 1. The number of amides is 2. The molecule has 2 aromatic rings. The van der Waals surface area contributed by atoms with Crippen LogP contribution in [0.15, 0.2) is 46.9 Å². The van der Waals surface area contributed by atoms with E-state index in [1.165, 1.54) is 0 Å². The van der Waals surface area contributed by atoms with E-state index in [1.54, 1.807) is 24.3 Å². The molecule has 2 rings (SSSR count). The summed E-state index contributed by atoms with van der Waals surface area (Å²) in [5.74, 6) is -0.223. The average molecular weight is 478 g/mol. The summed E-state index contributed by atoms with van der Waals surface area (Å²) in [7, 11) is 0. The van der Waals surface area contributed by atoms with Crippen molar-refractivity contribution in [3.63, 3.8) is 0 Å². The van der Waals surface area contributed by atoms with E-state index < -0.39 is 5.91 Å². The Hall–Kier alpha value is -2.45. The molecule has 8 heteroatoms. The lowest BCUT2D eigenvalue weighted by atomic mass is 9.86. The van der Waals surface area contributed by atoms with Crippen LogP contribution in [0.1, 0.15) is 42.3 Å². The summed E-state index contributed by atoms with van der Waals surface area (Å²) in [5, 5.41) is 2.50. The fourth-order valence-corrected chi connectivity index (χ4v) is 3.53. The van der Waals surface area contributed by atoms with E-state index in [-0.39, 0.29) is 23.0 Å². The number of benzene rings is 2. The SMILES string of the molecule is Cc1ccc(OCC(=O)NNC(=S)NC(=O)c2ccc(C(C)(C)C)c(Br)c2)cc1. The van der Waals surface area contributed by atoms with Gasteiger partial charge >= 0.3 is 0 Å². The van der Waals surface area contributed by atoms with Crippen molar-refractivity contribution in [1.29, 1.82) is 0 Å². The van der Waals surface area contributed by atoms with E-state index in [2.05, 4.69) is 52.9 Å². The molecule has 0 bridgehead atoms. The Balaban J connectivity index is 1.81. The fraction of sp³-hybridized carbons (Fsp3) is 0.286. The van der Waals surface area contributed by atoms with E-state index in [4.69, 9.17) is 17.0 Å². The largest absolute Gasteiger partial charge is 0.484 e. The van der Waals surface area contributed by atoms with Crippen molar-refractivity contribution in [2.45, 2.75) is 33.1 Å². The van der Waals surface area contributed by atoms with Gasteiger partial charge in [0.05, 0.1) is 0 Å². The van der Waals surface area contributed by atoms with Gasteiger partial charge < -0.3 is 4.74 Å². The highest BCUT2D eigenvalue weighted by molar-refractivity contribution is 9.10. The second-order valence-corrected chi connectivity index (χ2v) is 8.77. The lowest BCUT2D eigenvalue weighted by molar-refractivity contribution is -0.123. The van der Waals surface area contributed by atoms with Crippen LogP contribution in [0.3, 0.4) is 0 Å². The molecule has 154 valence electrons. The fourth-order valence-electron chi connectivity index (χ4n) is 2.42. The number of thiocarbonyl (C=S) groups is 1. The van der Waals surface area contributed by atoms with Gasteiger partial charge in [0.2, 0.25) is 0 Å². The summed E-state index contributed by atoms with van der Waals surface area (Å²) < 4.78 is 6.21. The first-order valence-electron chi connectivity index (χ1n) is 8.96. The molecule has 0 aliphatic carbocycles. The molecule has 2 amide bonds. The first-order chi connectivity index (χ1) is 13.6. The molecule has 0 aliphatic heterocycles. The van der Waals surface area contributed by atoms with Gasteiger partial charge in [-0.15, -0.1) is 0 Å². The molecule has 0 fully saturated rings. The van der Waals surface area contributed by atoms with Crippen LogP contribution in [-0.2, 0) is 10.2 Å². The number of ether oxygens (including phenoxy) is 1. The van der Waals surface area contributed by atoms with Crippen LogP contribution in [0.4, 0.5) is 0 Å². The molecule has 0 saturated carbocycles. The lowest BCUT2D eigenvalue weighted by Gasteiger charge is -2.21. The number of carbonyl (C=O) groups excluding carboxylic acids is 2. The second-order valence-electron chi connectivity index (χ2n) is 7.50. The number of carbonyl (C=O) groups is 2. The van der Waals surface area contributed by atoms with Gasteiger partial charge in [-0.1, -0.05) is 60.5 Å². The Morgan fingerprint density at radius 1 is 1.07 bits per heavy atom. The van der Waals surface area contributed by atoms with Gasteiger partial charge in [0.1, 0.15) is 5.75 Å². The third-order valence-electron chi connectivity index (χ3n) is 3.97. The first kappa shape index (κ1) is 22.8. The number of hydrazine groups is 1. The van der Waals surface area contributed by atoms with Crippen LogP contribution >= 0.6 is 28.1 Å². The Labute approximate surface area is 184 Å². The maximum Gasteiger partial charge on any atom is 0.276 e. The predicted molar refractivity (Wildman–Crippen MR) is 121 cm³/mol. The predicted octanol–water partition coefficient (Wildman–Crippen LogP) is 3.77. The molecule has 0 unspecified atom stereocenters. The van der Waals surface area contributed by atoms with E-state index in [9.17, 15) is 9.59 Å².